The maximum absolute atomic E-state index is 11.8. The summed E-state index contributed by atoms with van der Waals surface area (Å²) >= 11 is 6.25. The average molecular weight is 427 g/mol. The van der Waals surface area contributed by atoms with E-state index >= 15 is 0 Å². The van der Waals surface area contributed by atoms with Gasteiger partial charge in [0.15, 0.2) is 5.76 Å². The van der Waals surface area contributed by atoms with Crippen LogP contribution < -0.4 is 4.74 Å². The van der Waals surface area contributed by atoms with Crippen LogP contribution in [0.5, 0.6) is 5.88 Å². The molecule has 0 aliphatic carbocycles. The number of nitrogens with zero attached hydrogens (tertiary/aromatic N) is 2. The zero-order chi connectivity index (χ0) is 20.9. The largest absolute Gasteiger partial charge is 0.470 e. The van der Waals surface area contributed by atoms with Crippen LogP contribution in [0, 0.1) is 0 Å². The van der Waals surface area contributed by atoms with Crippen molar-refractivity contribution in [1.29, 1.82) is 0 Å². The van der Waals surface area contributed by atoms with Gasteiger partial charge in [-0.3, -0.25) is 0 Å². The van der Waals surface area contributed by atoms with Crippen LogP contribution in [0.3, 0.4) is 0 Å². The van der Waals surface area contributed by atoms with Crippen LogP contribution in [0.1, 0.15) is 30.1 Å². The van der Waals surface area contributed by atoms with Crippen molar-refractivity contribution in [2.75, 3.05) is 20.2 Å². The van der Waals surface area contributed by atoms with Gasteiger partial charge >= 0.3 is 6.09 Å². The molecule has 0 spiro atoms. The monoisotopic (exact) mass is 426 g/mol. The molecule has 1 aliphatic rings. The van der Waals surface area contributed by atoms with Crippen LogP contribution in [0.2, 0.25) is 5.02 Å². The topological polar surface area (TPSA) is 64.8 Å². The van der Waals surface area contributed by atoms with Gasteiger partial charge in [-0.1, -0.05) is 54.1 Å². The molecule has 0 atom stereocenters. The van der Waals surface area contributed by atoms with Gasteiger partial charge in [0.2, 0.25) is 0 Å². The summed E-state index contributed by atoms with van der Waals surface area (Å²) in [6.07, 6.45) is 1.22. The minimum atomic E-state index is -0.298. The van der Waals surface area contributed by atoms with E-state index < -0.39 is 0 Å². The second-order valence-corrected chi connectivity index (χ2v) is 7.68. The molecule has 2 heterocycles. The molecule has 7 heteroatoms. The lowest BCUT2D eigenvalue weighted by atomic mass is 9.90. The van der Waals surface area contributed by atoms with Gasteiger partial charge in [0.1, 0.15) is 6.61 Å². The number of piperidine rings is 1. The number of rotatable bonds is 5. The number of halogens is 1. The van der Waals surface area contributed by atoms with Gasteiger partial charge in [-0.2, -0.15) is 0 Å². The van der Waals surface area contributed by atoms with Crippen molar-refractivity contribution in [2.24, 2.45) is 0 Å². The molecule has 0 radical (unpaired) electrons. The second-order valence-electron chi connectivity index (χ2n) is 7.24. The van der Waals surface area contributed by atoms with Crippen molar-refractivity contribution >= 4 is 17.7 Å². The number of hydrogen-bond donors (Lipinski definition) is 0. The molecular weight excluding hydrogens is 404 g/mol. The first-order valence-corrected chi connectivity index (χ1v) is 10.3. The van der Waals surface area contributed by atoms with Crippen LogP contribution in [-0.2, 0) is 11.3 Å². The minimum absolute atomic E-state index is 0.126. The molecule has 30 heavy (non-hydrogen) atoms. The molecule has 0 bridgehead atoms. The van der Waals surface area contributed by atoms with Crippen molar-refractivity contribution in [3.8, 4) is 17.0 Å². The fourth-order valence-corrected chi connectivity index (χ4v) is 3.94. The van der Waals surface area contributed by atoms with Crippen LogP contribution in [-0.4, -0.2) is 36.3 Å². The molecular formula is C23H23ClN2O4. The van der Waals surface area contributed by atoms with Gasteiger partial charge in [0.25, 0.3) is 5.88 Å². The molecule has 4 rings (SSSR count). The predicted octanol–water partition coefficient (Wildman–Crippen LogP) is 5.52. The number of hydrogen-bond acceptors (Lipinski definition) is 5. The van der Waals surface area contributed by atoms with E-state index in [1.54, 1.807) is 4.90 Å². The Kier molecular flexibility index (Phi) is 6.23. The van der Waals surface area contributed by atoms with Crippen molar-refractivity contribution in [3.05, 3.63) is 70.9 Å². The SMILES string of the molecule is COC(=O)N1CCC(c2onc(OCc3ccccc3)c2-c2cccc(Cl)c2)CC1. The van der Waals surface area contributed by atoms with Gasteiger partial charge in [-0.15, -0.1) is 0 Å². The summed E-state index contributed by atoms with van der Waals surface area (Å²) in [6, 6.07) is 17.5. The number of likely N-dealkylation sites (tertiary alicyclic amines) is 1. The molecule has 156 valence electrons. The second kappa shape index (κ2) is 9.22. The highest BCUT2D eigenvalue weighted by Gasteiger charge is 2.31. The average Bonchev–Trinajstić information content (AvgIpc) is 3.22. The van der Waals surface area contributed by atoms with Crippen molar-refractivity contribution in [1.82, 2.24) is 10.1 Å². The summed E-state index contributed by atoms with van der Waals surface area (Å²) < 4.78 is 16.7. The maximum atomic E-state index is 11.8. The van der Waals surface area contributed by atoms with Crippen LogP contribution in [0.15, 0.2) is 59.1 Å². The highest BCUT2D eigenvalue weighted by molar-refractivity contribution is 6.30. The van der Waals surface area contributed by atoms with E-state index in [1.807, 2.05) is 54.6 Å². The van der Waals surface area contributed by atoms with Gasteiger partial charge in [0, 0.05) is 24.0 Å². The van der Waals surface area contributed by atoms with E-state index in [0.29, 0.717) is 30.6 Å². The first kappa shape index (κ1) is 20.3. The van der Waals surface area contributed by atoms with E-state index in [4.69, 9.17) is 25.6 Å². The lowest BCUT2D eigenvalue weighted by Crippen LogP contribution is -2.37. The minimum Gasteiger partial charge on any atom is -0.470 e. The van der Waals surface area contributed by atoms with Crippen molar-refractivity contribution < 1.29 is 18.8 Å². The highest BCUT2D eigenvalue weighted by atomic mass is 35.5. The van der Waals surface area contributed by atoms with E-state index in [2.05, 4.69) is 5.16 Å². The molecule has 3 aromatic rings. The number of carbonyl (C=O) groups is 1. The molecule has 1 fully saturated rings. The molecule has 0 unspecified atom stereocenters. The Morgan fingerprint density at radius 1 is 1.17 bits per heavy atom. The number of aromatic nitrogens is 1. The first-order chi connectivity index (χ1) is 14.7. The standard InChI is InChI=1S/C23H23ClN2O4/c1-28-23(27)26-12-10-17(11-13-26)21-20(18-8-5-9-19(24)14-18)22(25-30-21)29-15-16-6-3-2-4-7-16/h2-9,14,17H,10-13,15H2,1H3. The van der Waals surface area contributed by atoms with E-state index in [0.717, 1.165) is 35.3 Å². The lowest BCUT2D eigenvalue weighted by Gasteiger charge is -2.30. The molecule has 2 aromatic carbocycles. The fourth-order valence-electron chi connectivity index (χ4n) is 3.75. The third kappa shape index (κ3) is 4.44. The normalized spacial score (nSPS) is 14.5. The zero-order valence-electron chi connectivity index (χ0n) is 16.7. The Balaban J connectivity index is 1.60. The number of methoxy groups -OCH3 is 1. The Morgan fingerprint density at radius 3 is 2.63 bits per heavy atom. The quantitative estimate of drug-likeness (QED) is 0.537. The van der Waals surface area contributed by atoms with Crippen molar-refractivity contribution in [3.63, 3.8) is 0 Å². The summed E-state index contributed by atoms with van der Waals surface area (Å²) in [5, 5.41) is 4.87. The van der Waals surface area contributed by atoms with Crippen LogP contribution in [0.25, 0.3) is 11.1 Å². The highest BCUT2D eigenvalue weighted by Crippen LogP contribution is 2.41. The van der Waals surface area contributed by atoms with Gasteiger partial charge in [-0.05, 0) is 41.3 Å². The molecule has 1 aromatic heterocycles. The van der Waals surface area contributed by atoms with Gasteiger partial charge in [0.05, 0.1) is 12.7 Å². The number of amides is 1. The fraction of sp³-hybridized carbons (Fsp3) is 0.304. The Morgan fingerprint density at radius 2 is 1.93 bits per heavy atom. The summed E-state index contributed by atoms with van der Waals surface area (Å²) in [6.45, 7) is 1.60. The first-order valence-electron chi connectivity index (χ1n) is 9.91. The Labute approximate surface area is 180 Å². The van der Waals surface area contributed by atoms with E-state index in [9.17, 15) is 4.79 Å². The number of carbonyl (C=O) groups excluding carboxylic acids is 1. The molecule has 1 amide bonds. The maximum Gasteiger partial charge on any atom is 0.409 e. The van der Waals surface area contributed by atoms with Crippen LogP contribution in [0.4, 0.5) is 4.79 Å². The summed E-state index contributed by atoms with van der Waals surface area (Å²) in [7, 11) is 1.40. The molecule has 6 nitrogen and oxygen atoms in total. The number of ether oxygens (including phenoxy) is 2. The third-order valence-corrected chi connectivity index (χ3v) is 5.55. The van der Waals surface area contributed by atoms with Gasteiger partial charge < -0.3 is 18.9 Å². The number of benzene rings is 2. The summed E-state index contributed by atoms with van der Waals surface area (Å²) in [5.41, 5.74) is 2.77. The van der Waals surface area contributed by atoms with E-state index in [-0.39, 0.29) is 12.0 Å². The summed E-state index contributed by atoms with van der Waals surface area (Å²) in [4.78, 5) is 13.5. The molecule has 1 saturated heterocycles. The Hall–Kier alpha value is -2.99. The lowest BCUT2D eigenvalue weighted by molar-refractivity contribution is 0.110. The molecule has 1 aliphatic heterocycles. The van der Waals surface area contributed by atoms with Gasteiger partial charge in [-0.25, -0.2) is 4.79 Å². The molecule has 0 saturated carbocycles. The summed E-state index contributed by atoms with van der Waals surface area (Å²) in [5.74, 6) is 1.35. The van der Waals surface area contributed by atoms with E-state index in [1.165, 1.54) is 7.11 Å². The Bertz CT molecular complexity index is 997. The van der Waals surface area contributed by atoms with Crippen molar-refractivity contribution in [2.45, 2.75) is 25.4 Å². The molecule has 0 N–H and O–H groups in total. The third-order valence-electron chi connectivity index (χ3n) is 5.32. The smallest absolute Gasteiger partial charge is 0.409 e. The predicted molar refractivity (Wildman–Crippen MR) is 114 cm³/mol. The van der Waals surface area contributed by atoms with Crippen LogP contribution >= 0.6 is 11.6 Å². The zero-order valence-corrected chi connectivity index (χ0v) is 17.5.